The molecule has 4 amide bonds. The molecule has 0 saturated carbocycles. The molecule has 1 aliphatic heterocycles. The van der Waals surface area contributed by atoms with Gasteiger partial charge in [-0.1, -0.05) is 23.5 Å². The molecule has 1 saturated heterocycles. The number of amides is 4. The number of nitrogens with one attached hydrogen (secondary N) is 2. The summed E-state index contributed by atoms with van der Waals surface area (Å²) in [6, 6.07) is 9.79. The molecule has 6 aromatic rings. The van der Waals surface area contributed by atoms with E-state index >= 15 is 0 Å². The number of hydrazine groups is 1. The van der Waals surface area contributed by atoms with Crippen LogP contribution >= 0.6 is 11.3 Å². The van der Waals surface area contributed by atoms with Crippen LogP contribution in [0.1, 0.15) is 73.3 Å². The molecular formula is C42H51N13O7S. The van der Waals surface area contributed by atoms with Crippen LogP contribution < -0.4 is 36.6 Å². The van der Waals surface area contributed by atoms with Crippen LogP contribution in [0.2, 0.25) is 0 Å². The van der Waals surface area contributed by atoms with Crippen LogP contribution in [0.5, 0.6) is 11.5 Å². The number of primary amides is 1. The number of hydrogen-bond donors (Lipinski definition) is 4. The van der Waals surface area contributed by atoms with Gasteiger partial charge in [0, 0.05) is 56.9 Å². The number of imidazole rings is 1. The van der Waals surface area contributed by atoms with E-state index in [0.29, 0.717) is 99.7 Å². The van der Waals surface area contributed by atoms with Crippen LogP contribution in [0, 0.1) is 13.8 Å². The number of fused-ring (bicyclic) bond motifs is 2. The van der Waals surface area contributed by atoms with Crippen molar-refractivity contribution in [3.63, 3.8) is 0 Å². The summed E-state index contributed by atoms with van der Waals surface area (Å²) < 4.78 is 25.1. The predicted molar refractivity (Wildman–Crippen MR) is 236 cm³/mol. The zero-order valence-corrected chi connectivity index (χ0v) is 36.7. The fraction of sp³-hybridized carbons (Fsp3) is 0.381. The van der Waals surface area contributed by atoms with Crippen molar-refractivity contribution < 1.29 is 33.4 Å². The molecular weight excluding hydrogens is 831 g/mol. The van der Waals surface area contributed by atoms with Crippen LogP contribution in [0.25, 0.3) is 21.3 Å². The Morgan fingerprint density at radius 2 is 1.54 bits per heavy atom. The summed E-state index contributed by atoms with van der Waals surface area (Å²) in [5.41, 5.74) is 12.0. The lowest BCUT2D eigenvalue weighted by atomic mass is 10.1. The van der Waals surface area contributed by atoms with Gasteiger partial charge in [0.2, 0.25) is 11.9 Å². The molecule has 0 radical (unpaired) electrons. The number of aromatic nitrogens is 7. The Morgan fingerprint density at radius 1 is 0.873 bits per heavy atom. The average molecular weight is 882 g/mol. The molecule has 20 nitrogen and oxygen atoms in total. The van der Waals surface area contributed by atoms with Gasteiger partial charge in [-0.3, -0.25) is 44.2 Å². The van der Waals surface area contributed by atoms with E-state index in [4.69, 9.17) is 30.8 Å². The number of nitrogen functional groups attached to an aromatic ring is 1. The van der Waals surface area contributed by atoms with Crippen LogP contribution in [-0.2, 0) is 30.9 Å². The van der Waals surface area contributed by atoms with Crippen LogP contribution in [-0.4, -0.2) is 109 Å². The Balaban J connectivity index is 1.28. The molecule has 7 rings (SSSR count). The number of anilines is 1. The van der Waals surface area contributed by atoms with Crippen molar-refractivity contribution in [2.45, 2.75) is 60.3 Å². The summed E-state index contributed by atoms with van der Waals surface area (Å²) in [6.07, 6.45) is 4.47. The van der Waals surface area contributed by atoms with E-state index in [1.807, 2.05) is 44.4 Å². The highest BCUT2D eigenvalue weighted by molar-refractivity contribution is 7.16. The third-order valence-corrected chi connectivity index (χ3v) is 11.5. The molecule has 63 heavy (non-hydrogen) atoms. The average Bonchev–Trinajstić information content (AvgIpc) is 4.05. The minimum atomic E-state index is -0.655. The molecule has 0 unspecified atom stereocenters. The van der Waals surface area contributed by atoms with Gasteiger partial charge in [-0.25, -0.2) is 10.8 Å². The Hall–Kier alpha value is -6.68. The van der Waals surface area contributed by atoms with Crippen molar-refractivity contribution in [3.05, 3.63) is 87.3 Å². The summed E-state index contributed by atoms with van der Waals surface area (Å²) in [6.45, 7) is 12.9. The summed E-state index contributed by atoms with van der Waals surface area (Å²) in [5, 5.41) is 11.8. The number of carbonyl (C=O) groups is 4. The number of methoxy groups -OCH3 is 1. The van der Waals surface area contributed by atoms with E-state index in [1.165, 1.54) is 18.4 Å². The first-order valence-corrected chi connectivity index (χ1v) is 21.4. The van der Waals surface area contributed by atoms with Crippen molar-refractivity contribution in [3.8, 4) is 11.5 Å². The van der Waals surface area contributed by atoms with Gasteiger partial charge in [0.25, 0.3) is 17.7 Å². The maximum atomic E-state index is 13.8. The van der Waals surface area contributed by atoms with E-state index in [2.05, 4.69) is 30.8 Å². The number of morpholine rings is 1. The van der Waals surface area contributed by atoms with E-state index in [-0.39, 0.29) is 30.2 Å². The minimum absolute atomic E-state index is 0.180. The molecule has 4 aromatic heterocycles. The highest BCUT2D eigenvalue weighted by atomic mass is 32.1. The van der Waals surface area contributed by atoms with Gasteiger partial charge in [-0.05, 0) is 70.5 Å². The number of nitrogens with zero attached hydrogens (tertiary/aromatic N) is 9. The summed E-state index contributed by atoms with van der Waals surface area (Å²) >= 11 is 1.21. The number of allylic oxidation sites excluding steroid dienone is 2. The second kappa shape index (κ2) is 19.6. The van der Waals surface area contributed by atoms with Crippen molar-refractivity contribution in [2.75, 3.05) is 51.9 Å². The maximum absolute atomic E-state index is 13.8. The molecule has 0 aliphatic carbocycles. The standard InChI is InChI=1S/C42H51N13O7S/c1-6-54-30(19-25(3)49-54)39(58)46-41-45-29-21-27(37(43)56)22-33(62-16-10-11-51-14-17-61-18-15-51)35(29)52(41)12-8-9-13-53-36-32(60-5)23-28(38(57)48-44)24-34(36)63-42(53)47-40(59)31-20-26(4)50-55(31)7-2/h8-9,19-24H,6-7,10-18,44H2,1-5H3,(H2,43,56)(H,48,57)(H,45,46,58)/b9-8+,47-42?. The second-order valence-electron chi connectivity index (χ2n) is 14.7. The first-order valence-electron chi connectivity index (χ1n) is 20.6. The maximum Gasteiger partial charge on any atom is 0.297 e. The smallest absolute Gasteiger partial charge is 0.297 e. The van der Waals surface area contributed by atoms with Crippen LogP contribution in [0.4, 0.5) is 5.95 Å². The van der Waals surface area contributed by atoms with Crippen LogP contribution in [0.3, 0.4) is 0 Å². The fourth-order valence-electron chi connectivity index (χ4n) is 7.45. The fourth-order valence-corrected chi connectivity index (χ4v) is 8.54. The number of nitrogens with two attached hydrogens (primary N) is 2. The predicted octanol–water partition coefficient (Wildman–Crippen LogP) is 3.16. The lowest BCUT2D eigenvalue weighted by molar-refractivity contribution is 0.0358. The Labute approximate surface area is 366 Å². The van der Waals surface area contributed by atoms with Gasteiger partial charge in [-0.2, -0.15) is 15.2 Å². The van der Waals surface area contributed by atoms with E-state index in [9.17, 15) is 19.2 Å². The van der Waals surface area contributed by atoms with E-state index in [1.54, 1.807) is 50.3 Å². The second-order valence-corrected chi connectivity index (χ2v) is 15.7. The number of benzene rings is 2. The lowest BCUT2D eigenvalue weighted by Crippen LogP contribution is -2.37. The first kappa shape index (κ1) is 44.4. The molecule has 0 atom stereocenters. The highest BCUT2D eigenvalue weighted by Gasteiger charge is 2.23. The number of aryl methyl sites for hydroxylation is 4. The third-order valence-electron chi connectivity index (χ3n) is 10.4. The van der Waals surface area contributed by atoms with Crippen molar-refractivity contribution in [1.29, 1.82) is 0 Å². The molecule has 2 aromatic carbocycles. The van der Waals surface area contributed by atoms with E-state index < -0.39 is 23.6 Å². The number of rotatable bonds is 17. The van der Waals surface area contributed by atoms with Crippen molar-refractivity contribution in [2.24, 2.45) is 16.6 Å². The molecule has 5 heterocycles. The van der Waals surface area contributed by atoms with Gasteiger partial charge in [0.15, 0.2) is 4.80 Å². The highest BCUT2D eigenvalue weighted by Crippen LogP contribution is 2.33. The summed E-state index contributed by atoms with van der Waals surface area (Å²) in [4.78, 5) is 64.7. The largest absolute Gasteiger partial charge is 0.494 e. The topological polar surface area (TPSA) is 246 Å². The third kappa shape index (κ3) is 9.70. The summed E-state index contributed by atoms with van der Waals surface area (Å²) in [5.74, 6) is 4.33. The first-order chi connectivity index (χ1) is 30.4. The molecule has 0 bridgehead atoms. The molecule has 332 valence electrons. The monoisotopic (exact) mass is 881 g/mol. The van der Waals surface area contributed by atoms with Crippen molar-refractivity contribution in [1.82, 2.24) is 44.0 Å². The number of ether oxygens (including phenoxy) is 3. The van der Waals surface area contributed by atoms with Gasteiger partial charge >= 0.3 is 0 Å². The lowest BCUT2D eigenvalue weighted by Gasteiger charge is -2.26. The molecule has 0 spiro atoms. The Morgan fingerprint density at radius 3 is 2.21 bits per heavy atom. The Bertz CT molecular complexity index is 2790. The molecule has 21 heteroatoms. The zero-order chi connectivity index (χ0) is 44.8. The van der Waals surface area contributed by atoms with Crippen molar-refractivity contribution >= 4 is 62.2 Å². The van der Waals surface area contributed by atoms with Crippen LogP contribution in [0.15, 0.2) is 53.5 Å². The Kier molecular flexibility index (Phi) is 13.8. The number of carbonyl (C=O) groups excluding carboxylic acids is 4. The summed E-state index contributed by atoms with van der Waals surface area (Å²) in [7, 11) is 1.49. The normalized spacial score (nSPS) is 13.7. The van der Waals surface area contributed by atoms with Gasteiger partial charge in [0.05, 0.1) is 48.5 Å². The van der Waals surface area contributed by atoms with Gasteiger partial charge < -0.3 is 29.1 Å². The van der Waals surface area contributed by atoms with Gasteiger partial charge in [-0.15, -0.1) is 0 Å². The zero-order valence-electron chi connectivity index (χ0n) is 35.8. The quantitative estimate of drug-likeness (QED) is 0.0339. The molecule has 6 N–H and O–H groups in total. The van der Waals surface area contributed by atoms with E-state index in [0.717, 1.165) is 19.6 Å². The minimum Gasteiger partial charge on any atom is -0.494 e. The molecule has 1 fully saturated rings. The van der Waals surface area contributed by atoms with Gasteiger partial charge in [0.1, 0.15) is 33.9 Å². The number of hydrogen-bond acceptors (Lipinski definition) is 13. The SMILES string of the molecule is CCn1nc(C)cc1C(=O)N=c1sc2cc(C(=O)NN)cc(OC)c2n1C/C=C/Cn1c(NC(=O)c2cc(C)nn2CC)nc2cc(C(N)=O)cc(OCCCN3CCOCC3)c21. The number of thiazole rings is 1. The molecule has 1 aliphatic rings.